The Kier molecular flexibility index (Phi) is 4.90. The van der Waals surface area contributed by atoms with Gasteiger partial charge >= 0.3 is 0 Å². The zero-order chi connectivity index (χ0) is 14.5. The summed E-state index contributed by atoms with van der Waals surface area (Å²) in [7, 11) is 0. The number of nitrogens with zero attached hydrogens (tertiary/aromatic N) is 2. The molecule has 0 saturated carbocycles. The van der Waals surface area contributed by atoms with Crippen LogP contribution in [0.15, 0.2) is 30.5 Å². The number of nitrogens with one attached hydrogen (secondary N) is 1. The van der Waals surface area contributed by atoms with Crippen molar-refractivity contribution in [2.75, 3.05) is 0 Å². The van der Waals surface area contributed by atoms with Crippen LogP contribution in [0.1, 0.15) is 32.8 Å². The Morgan fingerprint density at radius 2 is 2.10 bits per heavy atom. The molecule has 0 aliphatic rings. The molecule has 1 aromatic carbocycles. The van der Waals surface area contributed by atoms with Crippen molar-refractivity contribution >= 4 is 0 Å². The molecule has 0 spiro atoms. The number of hydrogen-bond acceptors (Lipinski definition) is 2. The molecule has 2 rings (SSSR count). The van der Waals surface area contributed by atoms with E-state index >= 15 is 0 Å². The zero-order valence-corrected chi connectivity index (χ0v) is 12.4. The van der Waals surface area contributed by atoms with Crippen molar-refractivity contribution in [1.29, 1.82) is 0 Å². The smallest absolute Gasteiger partial charge is 0.123 e. The van der Waals surface area contributed by atoms with Crippen LogP contribution in [0.3, 0.4) is 0 Å². The highest BCUT2D eigenvalue weighted by Gasteiger charge is 2.11. The fourth-order valence-electron chi connectivity index (χ4n) is 2.22. The highest BCUT2D eigenvalue weighted by molar-refractivity contribution is 5.64. The molecule has 20 heavy (non-hydrogen) atoms. The number of benzene rings is 1. The lowest BCUT2D eigenvalue weighted by molar-refractivity contribution is 0.580. The second-order valence-corrected chi connectivity index (χ2v) is 5.28. The number of aryl methyl sites for hydroxylation is 1. The van der Waals surface area contributed by atoms with Crippen molar-refractivity contribution in [3.8, 4) is 11.3 Å². The Bertz CT molecular complexity index is 561. The first kappa shape index (κ1) is 14.7. The van der Waals surface area contributed by atoms with Gasteiger partial charge in [0, 0.05) is 30.9 Å². The van der Waals surface area contributed by atoms with Crippen LogP contribution in [0.4, 0.5) is 4.39 Å². The van der Waals surface area contributed by atoms with Crippen LogP contribution in [0.5, 0.6) is 0 Å². The molecule has 3 nitrogen and oxygen atoms in total. The van der Waals surface area contributed by atoms with Crippen molar-refractivity contribution in [3.05, 3.63) is 41.8 Å². The summed E-state index contributed by atoms with van der Waals surface area (Å²) in [6.07, 6.45) is 2.82. The molecule has 1 heterocycles. The first-order chi connectivity index (χ1) is 9.61. The molecule has 0 aliphatic carbocycles. The minimum Gasteiger partial charge on any atom is -0.310 e. The van der Waals surface area contributed by atoms with E-state index in [-0.39, 0.29) is 5.82 Å². The monoisotopic (exact) mass is 275 g/mol. The summed E-state index contributed by atoms with van der Waals surface area (Å²) in [5, 5.41) is 7.69. The van der Waals surface area contributed by atoms with Crippen molar-refractivity contribution in [2.24, 2.45) is 0 Å². The van der Waals surface area contributed by atoms with E-state index in [2.05, 4.69) is 31.2 Å². The maximum absolute atomic E-state index is 13.5. The second kappa shape index (κ2) is 6.66. The Hall–Kier alpha value is -1.68. The van der Waals surface area contributed by atoms with Gasteiger partial charge in [0.2, 0.25) is 0 Å². The maximum atomic E-state index is 13.5. The van der Waals surface area contributed by atoms with Gasteiger partial charge < -0.3 is 5.32 Å². The van der Waals surface area contributed by atoms with Gasteiger partial charge in [0.1, 0.15) is 5.82 Å². The number of aromatic nitrogens is 2. The third-order valence-electron chi connectivity index (χ3n) is 3.20. The Balaban J connectivity index is 2.36. The van der Waals surface area contributed by atoms with Gasteiger partial charge in [-0.15, -0.1) is 0 Å². The Morgan fingerprint density at radius 3 is 2.80 bits per heavy atom. The normalized spacial score (nSPS) is 11.2. The quantitative estimate of drug-likeness (QED) is 0.873. The molecule has 1 aromatic heterocycles. The van der Waals surface area contributed by atoms with E-state index < -0.39 is 0 Å². The average Bonchev–Trinajstić information content (AvgIpc) is 2.85. The molecule has 0 fully saturated rings. The summed E-state index contributed by atoms with van der Waals surface area (Å²) < 4.78 is 15.5. The van der Waals surface area contributed by atoms with Gasteiger partial charge in [0.05, 0.1) is 5.69 Å². The summed E-state index contributed by atoms with van der Waals surface area (Å²) in [4.78, 5) is 0. The van der Waals surface area contributed by atoms with Crippen LogP contribution in [0.25, 0.3) is 11.3 Å². The minimum absolute atomic E-state index is 0.198. The molecular weight excluding hydrogens is 253 g/mol. The highest BCUT2D eigenvalue weighted by atomic mass is 19.1. The van der Waals surface area contributed by atoms with Gasteiger partial charge in [-0.1, -0.05) is 20.8 Å². The van der Waals surface area contributed by atoms with E-state index in [1.165, 1.54) is 6.07 Å². The van der Waals surface area contributed by atoms with Crippen molar-refractivity contribution in [3.63, 3.8) is 0 Å². The van der Waals surface area contributed by atoms with Crippen molar-refractivity contribution in [1.82, 2.24) is 15.1 Å². The van der Waals surface area contributed by atoms with E-state index in [0.717, 1.165) is 29.8 Å². The highest BCUT2D eigenvalue weighted by Crippen LogP contribution is 2.24. The average molecular weight is 275 g/mol. The van der Waals surface area contributed by atoms with Crippen LogP contribution in [0, 0.1) is 5.82 Å². The summed E-state index contributed by atoms with van der Waals surface area (Å²) >= 11 is 0. The second-order valence-electron chi connectivity index (χ2n) is 5.28. The first-order valence-electron chi connectivity index (χ1n) is 7.15. The summed E-state index contributed by atoms with van der Waals surface area (Å²) in [5.74, 6) is -0.198. The van der Waals surface area contributed by atoms with Gasteiger partial charge in [0.15, 0.2) is 0 Å². The van der Waals surface area contributed by atoms with Crippen molar-refractivity contribution in [2.45, 2.75) is 46.3 Å². The first-order valence-corrected chi connectivity index (χ1v) is 7.15. The number of hydrogen-bond donors (Lipinski definition) is 1. The maximum Gasteiger partial charge on any atom is 0.123 e. The topological polar surface area (TPSA) is 29.9 Å². The molecule has 1 N–H and O–H groups in total. The molecule has 2 aromatic rings. The minimum atomic E-state index is -0.198. The number of rotatable bonds is 6. The van der Waals surface area contributed by atoms with Crippen LogP contribution >= 0.6 is 0 Å². The molecule has 0 atom stereocenters. The fourth-order valence-corrected chi connectivity index (χ4v) is 2.22. The lowest BCUT2D eigenvalue weighted by Crippen LogP contribution is -2.22. The summed E-state index contributed by atoms with van der Waals surface area (Å²) in [6, 6.07) is 7.31. The van der Waals surface area contributed by atoms with E-state index in [1.54, 1.807) is 12.3 Å². The standard InChI is InChI=1S/C16H22FN3/c1-4-9-20-16(7-8-19-20)15-6-5-14(17)10-13(15)11-18-12(2)3/h5-8,10,12,18H,4,9,11H2,1-3H3. The molecule has 0 saturated heterocycles. The SMILES string of the molecule is CCCn1nccc1-c1ccc(F)cc1CNC(C)C. The molecule has 0 radical (unpaired) electrons. The van der Waals surface area contributed by atoms with E-state index in [4.69, 9.17) is 0 Å². The third-order valence-corrected chi connectivity index (χ3v) is 3.20. The molecular formula is C16H22FN3. The van der Waals surface area contributed by atoms with Crippen molar-refractivity contribution < 1.29 is 4.39 Å². The molecule has 0 bridgehead atoms. The largest absolute Gasteiger partial charge is 0.310 e. The number of halogens is 1. The molecule has 4 heteroatoms. The zero-order valence-electron chi connectivity index (χ0n) is 12.4. The van der Waals surface area contributed by atoms with Crippen LogP contribution in [-0.2, 0) is 13.1 Å². The van der Waals surface area contributed by atoms with E-state index in [0.29, 0.717) is 12.6 Å². The Labute approximate surface area is 119 Å². The predicted molar refractivity (Wildman–Crippen MR) is 79.9 cm³/mol. The van der Waals surface area contributed by atoms with E-state index in [9.17, 15) is 4.39 Å². The van der Waals surface area contributed by atoms with Gasteiger partial charge in [0.25, 0.3) is 0 Å². The molecule has 0 unspecified atom stereocenters. The molecule has 0 aliphatic heterocycles. The lowest BCUT2D eigenvalue weighted by atomic mass is 10.0. The summed E-state index contributed by atoms with van der Waals surface area (Å²) in [6.45, 7) is 7.82. The fraction of sp³-hybridized carbons (Fsp3) is 0.438. The van der Waals surface area contributed by atoms with Gasteiger partial charge in [-0.2, -0.15) is 5.10 Å². The predicted octanol–water partition coefficient (Wildman–Crippen LogP) is 3.60. The summed E-state index contributed by atoms with van der Waals surface area (Å²) in [5.41, 5.74) is 3.06. The van der Waals surface area contributed by atoms with Crippen LogP contribution in [-0.4, -0.2) is 15.8 Å². The van der Waals surface area contributed by atoms with Gasteiger partial charge in [-0.3, -0.25) is 4.68 Å². The Morgan fingerprint density at radius 1 is 1.30 bits per heavy atom. The van der Waals surface area contributed by atoms with E-state index in [1.807, 2.05) is 16.8 Å². The lowest BCUT2D eigenvalue weighted by Gasteiger charge is -2.14. The van der Waals surface area contributed by atoms with Crippen LogP contribution in [0.2, 0.25) is 0 Å². The molecule has 108 valence electrons. The van der Waals surface area contributed by atoms with Crippen LogP contribution < -0.4 is 5.32 Å². The molecule has 0 amide bonds. The third kappa shape index (κ3) is 3.45. The van der Waals surface area contributed by atoms with Gasteiger partial charge in [-0.25, -0.2) is 4.39 Å². The van der Waals surface area contributed by atoms with Gasteiger partial charge in [-0.05, 0) is 36.2 Å².